The van der Waals surface area contributed by atoms with Crippen molar-refractivity contribution >= 4 is 0 Å². The summed E-state index contributed by atoms with van der Waals surface area (Å²) < 4.78 is 0. The number of rotatable bonds is 6. The lowest BCUT2D eigenvalue weighted by atomic mass is 9.90. The summed E-state index contributed by atoms with van der Waals surface area (Å²) in [5.74, 6) is 1.39. The van der Waals surface area contributed by atoms with Gasteiger partial charge in [-0.05, 0) is 17.9 Å². The van der Waals surface area contributed by atoms with Gasteiger partial charge in [0.1, 0.15) is 0 Å². The van der Waals surface area contributed by atoms with Gasteiger partial charge in [-0.3, -0.25) is 0 Å². The topological polar surface area (TPSA) is 23.5 Å². The summed E-state index contributed by atoms with van der Waals surface area (Å²) >= 11 is 0. The molecule has 1 heterocycles. The molecular formula is C15H23NO. The predicted octanol–water partition coefficient (Wildman–Crippen LogP) is 2.49. The summed E-state index contributed by atoms with van der Waals surface area (Å²) in [5, 5.41) is 8.98. The third kappa shape index (κ3) is 3.30. The average molecular weight is 233 g/mol. The van der Waals surface area contributed by atoms with E-state index in [4.69, 9.17) is 5.11 Å². The molecule has 1 aliphatic rings. The van der Waals surface area contributed by atoms with Gasteiger partial charge in [0.25, 0.3) is 0 Å². The van der Waals surface area contributed by atoms with Crippen LogP contribution >= 0.6 is 0 Å². The number of likely N-dealkylation sites (tertiary alicyclic amines) is 1. The maximum Gasteiger partial charge on any atom is 0.0434 e. The maximum atomic E-state index is 8.98. The van der Waals surface area contributed by atoms with Crippen LogP contribution in [0.5, 0.6) is 0 Å². The molecular weight excluding hydrogens is 210 g/mol. The van der Waals surface area contributed by atoms with E-state index in [1.54, 1.807) is 0 Å². The van der Waals surface area contributed by atoms with E-state index >= 15 is 0 Å². The quantitative estimate of drug-likeness (QED) is 0.816. The Morgan fingerprint density at radius 3 is 2.59 bits per heavy atom. The van der Waals surface area contributed by atoms with Gasteiger partial charge in [-0.15, -0.1) is 0 Å². The molecule has 0 amide bonds. The zero-order valence-corrected chi connectivity index (χ0v) is 10.7. The highest BCUT2D eigenvalue weighted by atomic mass is 16.3. The van der Waals surface area contributed by atoms with Gasteiger partial charge in [0.2, 0.25) is 0 Å². The van der Waals surface area contributed by atoms with E-state index in [0.717, 1.165) is 18.9 Å². The van der Waals surface area contributed by atoms with Crippen LogP contribution in [0.1, 0.15) is 31.2 Å². The Hall–Kier alpha value is -0.860. The molecule has 17 heavy (non-hydrogen) atoms. The number of benzene rings is 1. The fourth-order valence-corrected chi connectivity index (χ4v) is 2.63. The second kappa shape index (κ2) is 6.18. The predicted molar refractivity (Wildman–Crippen MR) is 71.1 cm³/mol. The lowest BCUT2D eigenvalue weighted by Gasteiger charge is -2.41. The third-order valence-electron chi connectivity index (χ3n) is 3.86. The monoisotopic (exact) mass is 233 g/mol. The lowest BCUT2D eigenvalue weighted by Crippen LogP contribution is -2.47. The van der Waals surface area contributed by atoms with Crippen molar-refractivity contribution in [3.8, 4) is 0 Å². The van der Waals surface area contributed by atoms with Crippen LogP contribution in [-0.2, 0) is 0 Å². The largest absolute Gasteiger partial charge is 0.396 e. The first kappa shape index (κ1) is 12.6. The lowest BCUT2D eigenvalue weighted by molar-refractivity contribution is 0.112. The van der Waals surface area contributed by atoms with Gasteiger partial charge in [-0.1, -0.05) is 43.7 Å². The highest BCUT2D eigenvalue weighted by molar-refractivity contribution is 5.22. The van der Waals surface area contributed by atoms with Crippen LogP contribution in [0.25, 0.3) is 0 Å². The molecule has 2 heteroatoms. The van der Waals surface area contributed by atoms with Gasteiger partial charge < -0.3 is 10.0 Å². The Labute approximate surface area is 104 Å². The average Bonchev–Trinajstić information content (AvgIpc) is 2.33. The molecule has 0 saturated carbocycles. The maximum absolute atomic E-state index is 8.98. The van der Waals surface area contributed by atoms with Gasteiger partial charge >= 0.3 is 0 Å². The van der Waals surface area contributed by atoms with E-state index in [0.29, 0.717) is 12.5 Å². The molecule has 2 nitrogen and oxygen atoms in total. The normalized spacial score (nSPS) is 18.9. The van der Waals surface area contributed by atoms with E-state index in [1.807, 2.05) is 0 Å². The van der Waals surface area contributed by atoms with Crippen molar-refractivity contribution in [1.82, 2.24) is 4.90 Å². The number of nitrogens with zero attached hydrogens (tertiary/aromatic N) is 1. The summed E-state index contributed by atoms with van der Waals surface area (Å²) in [6.45, 7) is 6.07. The van der Waals surface area contributed by atoms with Crippen LogP contribution < -0.4 is 0 Å². The summed E-state index contributed by atoms with van der Waals surface area (Å²) in [6.07, 6.45) is 2.12. The second-order valence-electron chi connectivity index (χ2n) is 5.11. The molecule has 1 aliphatic heterocycles. The zero-order valence-electron chi connectivity index (χ0n) is 10.7. The van der Waals surface area contributed by atoms with E-state index in [2.05, 4.69) is 42.2 Å². The minimum absolute atomic E-state index is 0.328. The Balaban J connectivity index is 1.75. The molecule has 2 rings (SSSR count). The first-order chi connectivity index (χ1) is 8.33. The summed E-state index contributed by atoms with van der Waals surface area (Å²) in [5.41, 5.74) is 1.47. The van der Waals surface area contributed by atoms with Crippen molar-refractivity contribution in [1.29, 1.82) is 0 Å². The van der Waals surface area contributed by atoms with Crippen LogP contribution in [0.4, 0.5) is 0 Å². The van der Waals surface area contributed by atoms with Crippen LogP contribution in [-0.4, -0.2) is 36.2 Å². The molecule has 1 fully saturated rings. The van der Waals surface area contributed by atoms with Crippen LogP contribution in [0.15, 0.2) is 30.3 Å². The molecule has 0 spiro atoms. The molecule has 1 aromatic carbocycles. The van der Waals surface area contributed by atoms with E-state index in [-0.39, 0.29) is 0 Å². The van der Waals surface area contributed by atoms with E-state index in [9.17, 15) is 0 Å². The molecule has 94 valence electrons. The third-order valence-corrected chi connectivity index (χ3v) is 3.86. The highest BCUT2D eigenvalue weighted by Crippen LogP contribution is 2.28. The molecule has 0 radical (unpaired) electrons. The van der Waals surface area contributed by atoms with Crippen molar-refractivity contribution in [3.05, 3.63) is 35.9 Å². The Kier molecular flexibility index (Phi) is 4.57. The van der Waals surface area contributed by atoms with Gasteiger partial charge in [0, 0.05) is 32.2 Å². The molecule has 0 aliphatic carbocycles. The second-order valence-corrected chi connectivity index (χ2v) is 5.11. The Morgan fingerprint density at radius 1 is 1.29 bits per heavy atom. The minimum atomic E-state index is 0.328. The molecule has 0 bridgehead atoms. The van der Waals surface area contributed by atoms with Gasteiger partial charge in [0.05, 0.1) is 0 Å². The minimum Gasteiger partial charge on any atom is -0.396 e. The molecule has 1 unspecified atom stereocenters. The Bertz CT molecular complexity index is 319. The smallest absolute Gasteiger partial charge is 0.0434 e. The highest BCUT2D eigenvalue weighted by Gasteiger charge is 2.28. The van der Waals surface area contributed by atoms with Gasteiger partial charge in [-0.2, -0.15) is 0 Å². The summed E-state index contributed by atoms with van der Waals surface area (Å²) in [4.78, 5) is 2.52. The van der Waals surface area contributed by atoms with Crippen LogP contribution in [0, 0.1) is 5.92 Å². The first-order valence-corrected chi connectivity index (χ1v) is 6.71. The van der Waals surface area contributed by atoms with Crippen molar-refractivity contribution in [2.24, 2.45) is 5.92 Å². The number of hydrogen-bond acceptors (Lipinski definition) is 2. The molecule has 1 N–H and O–H groups in total. The fraction of sp³-hybridized carbons (Fsp3) is 0.600. The fourth-order valence-electron chi connectivity index (χ4n) is 2.63. The SMILES string of the molecule is CCC(CCO)CN1CC(c2ccccc2)C1. The van der Waals surface area contributed by atoms with E-state index in [1.165, 1.54) is 25.1 Å². The van der Waals surface area contributed by atoms with Crippen molar-refractivity contribution in [2.45, 2.75) is 25.7 Å². The van der Waals surface area contributed by atoms with Gasteiger partial charge in [0.15, 0.2) is 0 Å². The van der Waals surface area contributed by atoms with Crippen molar-refractivity contribution in [3.63, 3.8) is 0 Å². The Morgan fingerprint density at radius 2 is 2.00 bits per heavy atom. The van der Waals surface area contributed by atoms with Crippen LogP contribution in [0.2, 0.25) is 0 Å². The summed E-state index contributed by atoms with van der Waals surface area (Å²) in [7, 11) is 0. The van der Waals surface area contributed by atoms with Crippen molar-refractivity contribution < 1.29 is 5.11 Å². The van der Waals surface area contributed by atoms with Gasteiger partial charge in [-0.25, -0.2) is 0 Å². The number of hydrogen-bond donors (Lipinski definition) is 1. The molecule has 1 aromatic rings. The van der Waals surface area contributed by atoms with Crippen LogP contribution in [0.3, 0.4) is 0 Å². The molecule has 1 saturated heterocycles. The summed E-state index contributed by atoms with van der Waals surface area (Å²) in [6, 6.07) is 10.8. The van der Waals surface area contributed by atoms with Crippen molar-refractivity contribution in [2.75, 3.05) is 26.2 Å². The van der Waals surface area contributed by atoms with E-state index < -0.39 is 0 Å². The number of aliphatic hydroxyl groups is 1. The standard InChI is InChI=1S/C15H23NO/c1-2-13(8-9-17)10-16-11-15(12-16)14-6-4-3-5-7-14/h3-7,13,15,17H,2,8-12H2,1H3. The number of aliphatic hydroxyl groups excluding tert-OH is 1. The molecule has 0 aromatic heterocycles. The molecule has 1 atom stereocenters. The first-order valence-electron chi connectivity index (χ1n) is 6.71. The zero-order chi connectivity index (χ0) is 12.1.